The number of hydrogen-bond acceptors (Lipinski definition) is 6. The summed E-state index contributed by atoms with van der Waals surface area (Å²) in [7, 11) is 0. The van der Waals surface area contributed by atoms with E-state index in [9.17, 15) is 9.59 Å². The quantitative estimate of drug-likeness (QED) is 0.280. The molecule has 0 aliphatic carbocycles. The standard InChI is InChI=1S/C30H21N3O5/c34-29(31-15-18-5-9-21(10-6-18)30(35)36)25-13-23(24-16-32-37-17-24)14-26-28(25)27(38-33-26)12-19-7-8-20-3-1-2-4-22(20)11-19/h1-11,13-14,16-17H,12,15H2,(H,31,34)(H,35,36). The van der Waals surface area contributed by atoms with Gasteiger partial charge in [-0.2, -0.15) is 0 Å². The number of nitrogens with one attached hydrogen (secondary N) is 1. The van der Waals surface area contributed by atoms with Gasteiger partial charge in [-0.05, 0) is 51.7 Å². The summed E-state index contributed by atoms with van der Waals surface area (Å²) in [5.74, 6) is -0.721. The lowest BCUT2D eigenvalue weighted by molar-refractivity contribution is 0.0696. The van der Waals surface area contributed by atoms with Crippen molar-refractivity contribution in [3.05, 3.63) is 119 Å². The second kappa shape index (κ2) is 9.67. The fourth-order valence-corrected chi connectivity index (χ4v) is 4.53. The van der Waals surface area contributed by atoms with Crippen molar-refractivity contribution in [3.63, 3.8) is 0 Å². The molecule has 0 aliphatic heterocycles. The lowest BCUT2D eigenvalue weighted by atomic mass is 9.97. The first-order chi connectivity index (χ1) is 18.5. The summed E-state index contributed by atoms with van der Waals surface area (Å²) in [5, 5.41) is 23.0. The predicted octanol–water partition coefficient (Wildman–Crippen LogP) is 5.86. The topological polar surface area (TPSA) is 118 Å². The molecular weight excluding hydrogens is 482 g/mol. The van der Waals surface area contributed by atoms with Crippen molar-refractivity contribution in [3.8, 4) is 11.1 Å². The van der Waals surface area contributed by atoms with Gasteiger partial charge in [-0.3, -0.25) is 4.79 Å². The number of carbonyl (C=O) groups is 2. The van der Waals surface area contributed by atoms with Crippen LogP contribution < -0.4 is 5.32 Å². The fraction of sp³-hybridized carbons (Fsp3) is 0.0667. The summed E-state index contributed by atoms with van der Waals surface area (Å²) in [6.07, 6.45) is 3.54. The van der Waals surface area contributed by atoms with E-state index < -0.39 is 5.97 Å². The van der Waals surface area contributed by atoms with E-state index in [-0.39, 0.29) is 18.0 Å². The Kier molecular flexibility index (Phi) is 5.89. The smallest absolute Gasteiger partial charge is 0.335 e. The van der Waals surface area contributed by atoms with Crippen LogP contribution in [-0.2, 0) is 13.0 Å². The van der Waals surface area contributed by atoms with Gasteiger partial charge in [0, 0.05) is 18.5 Å². The van der Waals surface area contributed by atoms with Crippen molar-refractivity contribution in [2.24, 2.45) is 0 Å². The van der Waals surface area contributed by atoms with Crippen molar-refractivity contribution in [2.45, 2.75) is 13.0 Å². The first kappa shape index (κ1) is 23.2. The molecule has 8 nitrogen and oxygen atoms in total. The highest BCUT2D eigenvalue weighted by atomic mass is 16.5. The fourth-order valence-electron chi connectivity index (χ4n) is 4.53. The molecule has 0 fully saturated rings. The van der Waals surface area contributed by atoms with Gasteiger partial charge in [0.25, 0.3) is 5.91 Å². The van der Waals surface area contributed by atoms with Crippen LogP contribution in [0.2, 0.25) is 0 Å². The summed E-state index contributed by atoms with van der Waals surface area (Å²) < 4.78 is 10.8. The highest BCUT2D eigenvalue weighted by Gasteiger charge is 2.21. The zero-order valence-corrected chi connectivity index (χ0v) is 20.0. The summed E-state index contributed by atoms with van der Waals surface area (Å²) in [6, 6.07) is 24.3. The maximum Gasteiger partial charge on any atom is 0.335 e. The monoisotopic (exact) mass is 503 g/mol. The van der Waals surface area contributed by atoms with Crippen molar-refractivity contribution in [1.29, 1.82) is 0 Å². The minimum Gasteiger partial charge on any atom is -0.478 e. The zero-order chi connectivity index (χ0) is 26.1. The van der Waals surface area contributed by atoms with Crippen LogP contribution in [0, 0.1) is 0 Å². The number of nitrogens with zero attached hydrogens (tertiary/aromatic N) is 2. The summed E-state index contributed by atoms with van der Waals surface area (Å²) in [4.78, 5) is 24.6. The number of carbonyl (C=O) groups excluding carboxylic acids is 1. The van der Waals surface area contributed by atoms with Gasteiger partial charge in [0.05, 0.1) is 22.7 Å². The Bertz CT molecular complexity index is 1790. The lowest BCUT2D eigenvalue weighted by Gasteiger charge is -2.09. The molecule has 0 saturated carbocycles. The third kappa shape index (κ3) is 4.51. The van der Waals surface area contributed by atoms with E-state index in [0.29, 0.717) is 34.2 Å². The number of hydrogen-bond donors (Lipinski definition) is 2. The van der Waals surface area contributed by atoms with Crippen molar-refractivity contribution >= 4 is 33.6 Å². The van der Waals surface area contributed by atoms with Crippen LogP contribution in [-0.4, -0.2) is 27.3 Å². The molecular formula is C30H21N3O5. The molecule has 186 valence electrons. The van der Waals surface area contributed by atoms with Crippen LogP contribution >= 0.6 is 0 Å². The van der Waals surface area contributed by atoms with Crippen LogP contribution in [0.15, 0.2) is 100 Å². The van der Waals surface area contributed by atoms with E-state index in [1.54, 1.807) is 24.4 Å². The average molecular weight is 504 g/mol. The van der Waals surface area contributed by atoms with Crippen molar-refractivity contribution in [1.82, 2.24) is 15.6 Å². The van der Waals surface area contributed by atoms with Crippen LogP contribution in [0.4, 0.5) is 0 Å². The SMILES string of the molecule is O=C(O)c1ccc(CNC(=O)c2cc(-c3cnoc3)cc3noc(Cc4ccc5ccccc5c4)c23)cc1. The van der Waals surface area contributed by atoms with Crippen molar-refractivity contribution < 1.29 is 23.7 Å². The largest absolute Gasteiger partial charge is 0.478 e. The molecule has 4 aromatic carbocycles. The Morgan fingerprint density at radius 2 is 1.66 bits per heavy atom. The van der Waals surface area contributed by atoms with Crippen LogP contribution in [0.25, 0.3) is 32.8 Å². The van der Waals surface area contributed by atoms with Gasteiger partial charge in [0.1, 0.15) is 17.5 Å². The zero-order valence-electron chi connectivity index (χ0n) is 20.0. The molecule has 6 aromatic rings. The highest BCUT2D eigenvalue weighted by Crippen LogP contribution is 2.31. The van der Waals surface area contributed by atoms with E-state index >= 15 is 0 Å². The molecule has 0 atom stereocenters. The molecule has 2 heterocycles. The van der Waals surface area contributed by atoms with Crippen LogP contribution in [0.1, 0.15) is 37.6 Å². The Morgan fingerprint density at radius 3 is 2.42 bits per heavy atom. The second-order valence-corrected chi connectivity index (χ2v) is 8.98. The Hall–Kier alpha value is -5.24. The first-order valence-electron chi connectivity index (χ1n) is 12.0. The average Bonchev–Trinajstić information content (AvgIpc) is 3.62. The molecule has 8 heteroatoms. The number of fused-ring (bicyclic) bond motifs is 2. The van der Waals surface area contributed by atoms with E-state index in [1.165, 1.54) is 18.4 Å². The van der Waals surface area contributed by atoms with Gasteiger partial charge in [0.2, 0.25) is 0 Å². The van der Waals surface area contributed by atoms with E-state index in [0.717, 1.165) is 27.5 Å². The molecule has 0 unspecified atom stereocenters. The minimum atomic E-state index is -1.00. The Labute approximate surface area is 216 Å². The number of aromatic nitrogens is 2. The van der Waals surface area contributed by atoms with Gasteiger partial charge in [0.15, 0.2) is 0 Å². The van der Waals surface area contributed by atoms with E-state index in [4.69, 9.17) is 14.2 Å². The van der Waals surface area contributed by atoms with Crippen LogP contribution in [0.3, 0.4) is 0 Å². The highest BCUT2D eigenvalue weighted by molar-refractivity contribution is 6.08. The summed E-state index contributed by atoms with van der Waals surface area (Å²) in [6.45, 7) is 0.225. The summed E-state index contributed by atoms with van der Waals surface area (Å²) in [5.41, 5.74) is 4.40. The molecule has 6 rings (SSSR count). The van der Waals surface area contributed by atoms with E-state index in [2.05, 4.69) is 39.9 Å². The van der Waals surface area contributed by atoms with Gasteiger partial charge in [-0.25, -0.2) is 4.79 Å². The normalized spacial score (nSPS) is 11.2. The van der Waals surface area contributed by atoms with Gasteiger partial charge >= 0.3 is 5.97 Å². The van der Waals surface area contributed by atoms with Gasteiger partial charge in [-0.15, -0.1) is 0 Å². The molecule has 2 aromatic heterocycles. The predicted molar refractivity (Wildman–Crippen MR) is 141 cm³/mol. The Balaban J connectivity index is 1.35. The molecule has 1 amide bonds. The molecule has 38 heavy (non-hydrogen) atoms. The maximum absolute atomic E-state index is 13.5. The lowest BCUT2D eigenvalue weighted by Crippen LogP contribution is -2.23. The number of rotatable bonds is 7. The summed E-state index contributed by atoms with van der Waals surface area (Å²) >= 11 is 0. The number of amides is 1. The Morgan fingerprint density at radius 1 is 0.868 bits per heavy atom. The van der Waals surface area contributed by atoms with E-state index in [1.807, 2.05) is 24.3 Å². The minimum absolute atomic E-state index is 0.186. The number of carboxylic acid groups (broad SMARTS) is 1. The maximum atomic E-state index is 13.5. The second-order valence-electron chi connectivity index (χ2n) is 8.98. The molecule has 0 aliphatic rings. The third-order valence-corrected chi connectivity index (χ3v) is 6.49. The number of carboxylic acids is 1. The van der Waals surface area contributed by atoms with Gasteiger partial charge in [-0.1, -0.05) is 64.9 Å². The molecule has 2 N–H and O–H groups in total. The molecule has 0 spiro atoms. The molecule has 0 radical (unpaired) electrons. The number of aromatic carboxylic acids is 1. The molecule has 0 bridgehead atoms. The number of benzene rings is 4. The third-order valence-electron chi connectivity index (χ3n) is 6.49. The van der Waals surface area contributed by atoms with Gasteiger partial charge < -0.3 is 19.5 Å². The first-order valence-corrected chi connectivity index (χ1v) is 12.0. The van der Waals surface area contributed by atoms with Crippen molar-refractivity contribution in [2.75, 3.05) is 0 Å². The van der Waals surface area contributed by atoms with Crippen LogP contribution in [0.5, 0.6) is 0 Å². The molecule has 0 saturated heterocycles.